The first-order chi connectivity index (χ1) is 32.8. The Morgan fingerprint density at radius 2 is 1.10 bits per heavy atom. The zero-order chi connectivity index (χ0) is 45.8. The van der Waals surface area contributed by atoms with E-state index in [1.165, 1.54) is 22.3 Å². The fraction of sp³-hybridized carbons (Fsp3) is 0.0484. The topological polar surface area (TPSA) is 48.7 Å². The third kappa shape index (κ3) is 6.78. The molecule has 0 spiro atoms. The molecule has 3 aliphatic rings. The van der Waals surface area contributed by atoms with E-state index in [0.29, 0.717) is 11.1 Å². The molecule has 0 N–H and O–H groups in total. The Bertz CT molecular complexity index is 3510. The van der Waals surface area contributed by atoms with Gasteiger partial charge in [0.05, 0.1) is 11.6 Å². The second-order valence-electron chi connectivity index (χ2n) is 17.4. The predicted molar refractivity (Wildman–Crippen MR) is 276 cm³/mol. The summed E-state index contributed by atoms with van der Waals surface area (Å²) in [5.41, 5.74) is 16.0. The van der Waals surface area contributed by atoms with Crippen LogP contribution < -0.4 is 19.3 Å². The van der Waals surface area contributed by atoms with Crippen molar-refractivity contribution >= 4 is 39.1 Å². The average molecular weight is 864 g/mol. The highest BCUT2D eigenvalue weighted by Crippen LogP contribution is 2.57. The molecule has 5 heteroatoms. The van der Waals surface area contributed by atoms with Crippen molar-refractivity contribution in [3.63, 3.8) is 0 Å². The SMILES string of the molecule is C=CC=C(C=C)N(c1ccc2c(c1)Oc1ccc3c4c(ccc-2c14)Oc1cc(N(C=CC=C(C#N)C(=C)c2ccccc2)c2ccccc2)ccc1-3)c1ccc2c(c1)C(C)(C)c1ccccc1-2. The molecule has 0 radical (unpaired) electrons. The lowest BCUT2D eigenvalue weighted by Crippen LogP contribution is -2.18. The third-order valence-electron chi connectivity index (χ3n) is 13.3. The van der Waals surface area contributed by atoms with Gasteiger partial charge in [-0.15, -0.1) is 0 Å². The number of benzene rings is 8. The molecule has 0 saturated heterocycles. The summed E-state index contributed by atoms with van der Waals surface area (Å²) < 4.78 is 13.7. The van der Waals surface area contributed by atoms with Gasteiger partial charge in [-0.1, -0.05) is 119 Å². The highest BCUT2D eigenvalue weighted by molar-refractivity contribution is 6.14. The van der Waals surface area contributed by atoms with Crippen LogP contribution in [0.4, 0.5) is 22.7 Å². The van der Waals surface area contributed by atoms with Crippen molar-refractivity contribution < 1.29 is 9.47 Å². The van der Waals surface area contributed by atoms with E-state index in [-0.39, 0.29) is 5.41 Å². The van der Waals surface area contributed by atoms with Crippen LogP contribution >= 0.6 is 0 Å². The Labute approximate surface area is 391 Å². The van der Waals surface area contributed by atoms with Gasteiger partial charge in [-0.25, -0.2) is 0 Å². The fourth-order valence-corrected chi connectivity index (χ4v) is 9.98. The Morgan fingerprint density at radius 3 is 1.75 bits per heavy atom. The quantitative estimate of drug-likeness (QED) is 0.0958. The second-order valence-corrected chi connectivity index (χ2v) is 17.4. The highest BCUT2D eigenvalue weighted by atomic mass is 16.5. The van der Waals surface area contributed by atoms with Crippen LogP contribution in [0.1, 0.15) is 30.5 Å². The van der Waals surface area contributed by atoms with Crippen molar-refractivity contribution in [1.82, 2.24) is 0 Å². The number of nitriles is 1. The first-order valence-corrected chi connectivity index (χ1v) is 22.4. The summed E-state index contributed by atoms with van der Waals surface area (Å²) in [6.45, 7) is 17.1. The summed E-state index contributed by atoms with van der Waals surface area (Å²) >= 11 is 0. The molecule has 0 bridgehead atoms. The van der Waals surface area contributed by atoms with Gasteiger partial charge in [0.1, 0.15) is 23.0 Å². The minimum absolute atomic E-state index is 0.153. The van der Waals surface area contributed by atoms with Crippen LogP contribution in [0.2, 0.25) is 0 Å². The van der Waals surface area contributed by atoms with E-state index in [1.807, 2.05) is 73.0 Å². The lowest BCUT2D eigenvalue weighted by molar-refractivity contribution is 0.480. The van der Waals surface area contributed by atoms with Gasteiger partial charge in [0.25, 0.3) is 0 Å². The van der Waals surface area contributed by atoms with Crippen LogP contribution in [0.5, 0.6) is 23.0 Å². The molecular weight excluding hydrogens is 819 g/mol. The van der Waals surface area contributed by atoms with Crippen LogP contribution in [0, 0.1) is 11.3 Å². The predicted octanol–water partition coefficient (Wildman–Crippen LogP) is 16.9. The Balaban J connectivity index is 0.947. The van der Waals surface area contributed by atoms with E-state index in [0.717, 1.165) is 90.0 Å². The van der Waals surface area contributed by atoms with Crippen LogP contribution in [-0.4, -0.2) is 0 Å². The molecule has 0 saturated carbocycles. The van der Waals surface area contributed by atoms with Gasteiger partial charge in [0.2, 0.25) is 0 Å². The van der Waals surface area contributed by atoms with Gasteiger partial charge in [-0.05, 0) is 142 Å². The van der Waals surface area contributed by atoms with E-state index in [1.54, 1.807) is 12.2 Å². The standard InChI is InChI=1S/C62H45N3O2/c1-6-17-43(7-2)65(46-26-28-49-48-23-14-15-24-54(48)62(4,5)55(49)36-46)47-27-30-51-53-32-33-56-60-52(31-34-57(61(53)60)67-59(51)38-47)50-29-25-45(37-58(50)66-56)64(44-21-12-9-13-22-44)35-16-20-42(39-63)40(3)41-18-10-8-11-19-41/h6-38H,1-3H2,4-5H3. The van der Waals surface area contributed by atoms with Gasteiger partial charge in [0.15, 0.2) is 0 Å². The fourth-order valence-electron chi connectivity index (χ4n) is 9.98. The number of hydrogen-bond donors (Lipinski definition) is 0. The Kier molecular flexibility index (Phi) is 9.95. The number of anilines is 4. The number of rotatable bonds is 11. The second kappa shape index (κ2) is 16.3. The molecule has 0 atom stereocenters. The van der Waals surface area contributed by atoms with E-state index in [4.69, 9.17) is 9.47 Å². The maximum atomic E-state index is 10.0. The van der Waals surface area contributed by atoms with Crippen molar-refractivity contribution in [2.24, 2.45) is 0 Å². The van der Waals surface area contributed by atoms with Crippen LogP contribution in [-0.2, 0) is 5.41 Å². The van der Waals surface area contributed by atoms with Gasteiger partial charge in [-0.3, -0.25) is 0 Å². The number of ether oxygens (including phenoxy) is 2. The van der Waals surface area contributed by atoms with Gasteiger partial charge in [0, 0.05) is 74.1 Å². The zero-order valence-electron chi connectivity index (χ0n) is 37.3. The van der Waals surface area contributed by atoms with Crippen molar-refractivity contribution in [2.45, 2.75) is 19.3 Å². The number of fused-ring (bicyclic) bond motifs is 7. The molecule has 1 aliphatic carbocycles. The maximum absolute atomic E-state index is 10.0. The summed E-state index contributed by atoms with van der Waals surface area (Å²) in [5.74, 6) is 3.06. The summed E-state index contributed by atoms with van der Waals surface area (Å²) in [7, 11) is 0. The first kappa shape index (κ1) is 40.9. The molecule has 67 heavy (non-hydrogen) atoms. The van der Waals surface area contributed by atoms with E-state index in [9.17, 15) is 5.26 Å². The molecule has 0 amide bonds. The average Bonchev–Trinajstić information content (AvgIpc) is 3.60. The number of allylic oxidation sites excluding steroid dienone is 7. The lowest BCUT2D eigenvalue weighted by Gasteiger charge is -2.31. The summed E-state index contributed by atoms with van der Waals surface area (Å²) in [4.78, 5) is 4.32. The first-order valence-electron chi connectivity index (χ1n) is 22.4. The monoisotopic (exact) mass is 863 g/mol. The third-order valence-corrected chi connectivity index (χ3v) is 13.3. The number of hydrogen-bond acceptors (Lipinski definition) is 5. The van der Waals surface area contributed by atoms with Crippen molar-refractivity contribution in [2.75, 3.05) is 9.80 Å². The van der Waals surface area contributed by atoms with Crippen molar-refractivity contribution in [3.05, 3.63) is 248 Å². The van der Waals surface area contributed by atoms with Gasteiger partial charge in [-0.2, -0.15) is 5.26 Å². The minimum Gasteiger partial charge on any atom is -0.456 e. The molecule has 8 aromatic rings. The lowest BCUT2D eigenvalue weighted by atomic mass is 9.82. The molecule has 2 heterocycles. The zero-order valence-corrected chi connectivity index (χ0v) is 37.3. The largest absolute Gasteiger partial charge is 0.456 e. The summed E-state index contributed by atoms with van der Waals surface area (Å²) in [6, 6.07) is 58.9. The van der Waals surface area contributed by atoms with Crippen molar-refractivity contribution in [1.29, 1.82) is 5.26 Å². The summed E-state index contributed by atoms with van der Waals surface area (Å²) in [6.07, 6.45) is 11.3. The summed E-state index contributed by atoms with van der Waals surface area (Å²) in [5, 5.41) is 12.1. The molecule has 8 aromatic carbocycles. The van der Waals surface area contributed by atoms with Crippen LogP contribution in [0.3, 0.4) is 0 Å². The normalized spacial score (nSPS) is 13.6. The van der Waals surface area contributed by atoms with E-state index in [2.05, 4.69) is 165 Å². The number of nitrogens with zero attached hydrogens (tertiary/aromatic N) is 3. The Morgan fingerprint density at radius 1 is 0.552 bits per heavy atom. The Hall–Kier alpha value is -8.85. The van der Waals surface area contributed by atoms with Gasteiger partial charge >= 0.3 is 0 Å². The smallest absolute Gasteiger partial charge is 0.137 e. The molecule has 11 rings (SSSR count). The van der Waals surface area contributed by atoms with E-state index < -0.39 is 0 Å². The molecular formula is C62H45N3O2. The molecule has 5 nitrogen and oxygen atoms in total. The maximum Gasteiger partial charge on any atom is 0.137 e. The van der Waals surface area contributed by atoms with E-state index >= 15 is 0 Å². The molecule has 0 fully saturated rings. The van der Waals surface area contributed by atoms with Crippen LogP contribution in [0.25, 0.3) is 49.7 Å². The molecule has 0 unspecified atom stereocenters. The molecule has 0 aromatic heterocycles. The van der Waals surface area contributed by atoms with Crippen molar-refractivity contribution in [3.8, 4) is 62.4 Å². The van der Waals surface area contributed by atoms with Gasteiger partial charge < -0.3 is 19.3 Å². The molecule has 320 valence electrons. The minimum atomic E-state index is -0.153. The highest BCUT2D eigenvalue weighted by Gasteiger charge is 2.36. The number of para-hydroxylation sites is 1. The van der Waals surface area contributed by atoms with Crippen LogP contribution in [0.15, 0.2) is 231 Å². The molecule has 2 aliphatic heterocycles.